The molecule has 0 aliphatic rings. The molecule has 15 heavy (non-hydrogen) atoms. The second-order valence-electron chi connectivity index (χ2n) is 3.71. The van der Waals surface area contributed by atoms with Gasteiger partial charge in [0.2, 0.25) is 0 Å². The Balaban J connectivity index is 2.41. The number of nitrogens with zero attached hydrogens (tertiary/aromatic N) is 2. The highest BCUT2D eigenvalue weighted by atomic mass is 15.3. The number of aryl methyl sites for hydroxylation is 2. The van der Waals surface area contributed by atoms with Crippen molar-refractivity contribution in [2.75, 3.05) is 0 Å². The molecule has 0 bridgehead atoms. The molecule has 0 aliphatic heterocycles. The van der Waals surface area contributed by atoms with Gasteiger partial charge in [0.25, 0.3) is 0 Å². The van der Waals surface area contributed by atoms with Crippen LogP contribution < -0.4 is 5.73 Å². The van der Waals surface area contributed by atoms with E-state index in [0.717, 1.165) is 22.6 Å². The van der Waals surface area contributed by atoms with Crippen LogP contribution in [0.25, 0.3) is 5.69 Å². The molecule has 2 rings (SSSR count). The van der Waals surface area contributed by atoms with Gasteiger partial charge >= 0.3 is 0 Å². The van der Waals surface area contributed by atoms with Gasteiger partial charge in [-0.05, 0) is 37.6 Å². The van der Waals surface area contributed by atoms with Crippen molar-refractivity contribution >= 4 is 0 Å². The van der Waals surface area contributed by atoms with Crippen LogP contribution in [0.4, 0.5) is 0 Å². The summed E-state index contributed by atoms with van der Waals surface area (Å²) in [6.07, 6.45) is 0. The molecule has 2 aromatic rings. The van der Waals surface area contributed by atoms with Crippen molar-refractivity contribution in [3.63, 3.8) is 0 Å². The molecule has 0 saturated carbocycles. The summed E-state index contributed by atoms with van der Waals surface area (Å²) < 4.78 is 1.94. The van der Waals surface area contributed by atoms with Gasteiger partial charge in [-0.25, -0.2) is 4.68 Å². The van der Waals surface area contributed by atoms with E-state index in [2.05, 4.69) is 18.1 Å². The molecule has 3 heteroatoms. The standard InChI is InChI=1S/C12H15N3/c1-9-7-10(2)15(14-9)12-5-3-11(8-13)4-6-12/h3-7H,8,13H2,1-2H3. The highest BCUT2D eigenvalue weighted by Crippen LogP contribution is 2.12. The van der Waals surface area contributed by atoms with Crippen molar-refractivity contribution in [2.24, 2.45) is 5.73 Å². The lowest BCUT2D eigenvalue weighted by Gasteiger charge is -2.04. The minimum absolute atomic E-state index is 0.581. The van der Waals surface area contributed by atoms with Gasteiger partial charge in [0.15, 0.2) is 0 Å². The average molecular weight is 201 g/mol. The van der Waals surface area contributed by atoms with Crippen molar-refractivity contribution in [1.82, 2.24) is 9.78 Å². The Labute approximate surface area is 89.5 Å². The van der Waals surface area contributed by atoms with E-state index < -0.39 is 0 Å². The van der Waals surface area contributed by atoms with Gasteiger partial charge in [0, 0.05) is 12.2 Å². The Bertz CT molecular complexity index is 454. The monoisotopic (exact) mass is 201 g/mol. The first-order valence-corrected chi connectivity index (χ1v) is 5.03. The SMILES string of the molecule is Cc1cc(C)n(-c2ccc(CN)cc2)n1. The Kier molecular flexibility index (Phi) is 2.56. The minimum Gasteiger partial charge on any atom is -0.326 e. The number of hydrogen-bond donors (Lipinski definition) is 1. The largest absolute Gasteiger partial charge is 0.326 e. The van der Waals surface area contributed by atoms with E-state index in [1.165, 1.54) is 0 Å². The van der Waals surface area contributed by atoms with Crippen LogP contribution in [0.15, 0.2) is 30.3 Å². The molecule has 0 radical (unpaired) electrons. The molecule has 0 amide bonds. The quantitative estimate of drug-likeness (QED) is 0.807. The number of nitrogens with two attached hydrogens (primary N) is 1. The fourth-order valence-corrected chi connectivity index (χ4v) is 1.66. The van der Waals surface area contributed by atoms with Gasteiger partial charge in [0.05, 0.1) is 11.4 Å². The van der Waals surface area contributed by atoms with Crippen LogP contribution in [0.2, 0.25) is 0 Å². The molecule has 2 N–H and O–H groups in total. The first-order chi connectivity index (χ1) is 7.20. The van der Waals surface area contributed by atoms with Crippen molar-refractivity contribution in [1.29, 1.82) is 0 Å². The van der Waals surface area contributed by atoms with E-state index in [9.17, 15) is 0 Å². The van der Waals surface area contributed by atoms with Crippen LogP contribution in [-0.2, 0) is 6.54 Å². The van der Waals surface area contributed by atoms with Gasteiger partial charge in [0.1, 0.15) is 0 Å². The van der Waals surface area contributed by atoms with Crippen molar-refractivity contribution in [2.45, 2.75) is 20.4 Å². The Morgan fingerprint density at radius 3 is 2.33 bits per heavy atom. The first kappa shape index (κ1) is 9.93. The van der Waals surface area contributed by atoms with Gasteiger partial charge in [-0.2, -0.15) is 5.10 Å². The normalized spacial score (nSPS) is 10.6. The fraction of sp³-hybridized carbons (Fsp3) is 0.250. The van der Waals surface area contributed by atoms with Gasteiger partial charge < -0.3 is 5.73 Å². The summed E-state index contributed by atoms with van der Waals surface area (Å²) in [5.74, 6) is 0. The van der Waals surface area contributed by atoms with Gasteiger partial charge in [-0.3, -0.25) is 0 Å². The van der Waals surface area contributed by atoms with E-state index in [-0.39, 0.29) is 0 Å². The maximum absolute atomic E-state index is 5.55. The van der Waals surface area contributed by atoms with Gasteiger partial charge in [-0.15, -0.1) is 0 Å². The zero-order valence-electron chi connectivity index (χ0n) is 9.07. The van der Waals surface area contributed by atoms with E-state index in [1.807, 2.05) is 35.9 Å². The minimum atomic E-state index is 0.581. The van der Waals surface area contributed by atoms with E-state index in [4.69, 9.17) is 5.73 Å². The van der Waals surface area contributed by atoms with Crippen molar-refractivity contribution < 1.29 is 0 Å². The van der Waals surface area contributed by atoms with E-state index in [0.29, 0.717) is 6.54 Å². The Hall–Kier alpha value is -1.61. The number of rotatable bonds is 2. The van der Waals surface area contributed by atoms with Crippen LogP contribution in [-0.4, -0.2) is 9.78 Å². The summed E-state index contributed by atoms with van der Waals surface area (Å²) >= 11 is 0. The van der Waals surface area contributed by atoms with Crippen LogP contribution in [0.1, 0.15) is 17.0 Å². The number of aromatic nitrogens is 2. The summed E-state index contributed by atoms with van der Waals surface area (Å²) in [4.78, 5) is 0. The van der Waals surface area contributed by atoms with E-state index >= 15 is 0 Å². The number of benzene rings is 1. The molecular weight excluding hydrogens is 186 g/mol. The molecule has 0 unspecified atom stereocenters. The maximum atomic E-state index is 5.55. The van der Waals surface area contributed by atoms with Crippen LogP contribution in [0.5, 0.6) is 0 Å². The molecule has 1 aromatic heterocycles. The summed E-state index contributed by atoms with van der Waals surface area (Å²) in [5.41, 5.74) is 9.95. The van der Waals surface area contributed by atoms with Gasteiger partial charge in [-0.1, -0.05) is 12.1 Å². The second-order valence-corrected chi connectivity index (χ2v) is 3.71. The first-order valence-electron chi connectivity index (χ1n) is 5.03. The lowest BCUT2D eigenvalue weighted by Crippen LogP contribution is -2.00. The predicted molar refractivity (Wildman–Crippen MR) is 60.9 cm³/mol. The lowest BCUT2D eigenvalue weighted by atomic mass is 10.2. The average Bonchev–Trinajstić information content (AvgIpc) is 2.58. The zero-order valence-corrected chi connectivity index (χ0v) is 9.07. The number of hydrogen-bond acceptors (Lipinski definition) is 2. The molecule has 0 spiro atoms. The van der Waals surface area contributed by atoms with Crippen molar-refractivity contribution in [3.8, 4) is 5.69 Å². The molecule has 0 aliphatic carbocycles. The smallest absolute Gasteiger partial charge is 0.0648 e. The molecule has 78 valence electrons. The summed E-state index contributed by atoms with van der Waals surface area (Å²) in [6, 6.07) is 10.2. The summed E-state index contributed by atoms with van der Waals surface area (Å²) in [5, 5.41) is 4.42. The second kappa shape index (κ2) is 3.87. The Morgan fingerprint density at radius 2 is 1.87 bits per heavy atom. The molecule has 0 atom stereocenters. The van der Waals surface area contributed by atoms with E-state index in [1.54, 1.807) is 0 Å². The highest BCUT2D eigenvalue weighted by molar-refractivity contribution is 5.35. The van der Waals surface area contributed by atoms with Crippen molar-refractivity contribution in [3.05, 3.63) is 47.3 Å². The summed E-state index contributed by atoms with van der Waals surface area (Å²) in [6.45, 7) is 4.63. The van der Waals surface area contributed by atoms with Crippen LogP contribution in [0, 0.1) is 13.8 Å². The third kappa shape index (κ3) is 1.92. The Morgan fingerprint density at radius 1 is 1.20 bits per heavy atom. The zero-order chi connectivity index (χ0) is 10.8. The fourth-order valence-electron chi connectivity index (χ4n) is 1.66. The molecule has 1 aromatic carbocycles. The predicted octanol–water partition coefficient (Wildman–Crippen LogP) is 1.95. The molecule has 3 nitrogen and oxygen atoms in total. The lowest BCUT2D eigenvalue weighted by molar-refractivity contribution is 0.832. The topological polar surface area (TPSA) is 43.8 Å². The molecule has 1 heterocycles. The molecule has 0 fully saturated rings. The summed E-state index contributed by atoms with van der Waals surface area (Å²) in [7, 11) is 0. The third-order valence-corrected chi connectivity index (χ3v) is 2.43. The van der Waals surface area contributed by atoms with Crippen LogP contribution in [0.3, 0.4) is 0 Å². The van der Waals surface area contributed by atoms with Crippen LogP contribution >= 0.6 is 0 Å². The third-order valence-electron chi connectivity index (χ3n) is 2.43. The highest BCUT2D eigenvalue weighted by Gasteiger charge is 2.02. The molecule has 0 saturated heterocycles. The maximum Gasteiger partial charge on any atom is 0.0648 e. The molecular formula is C12H15N3.